The number of aromatic nitrogens is 2. The summed E-state index contributed by atoms with van der Waals surface area (Å²) in [4.78, 5) is 7.88. The van der Waals surface area contributed by atoms with E-state index in [-0.39, 0.29) is 15.8 Å². The quantitative estimate of drug-likeness (QED) is 0.813. The van der Waals surface area contributed by atoms with E-state index in [2.05, 4.69) is 14.7 Å². The molecule has 0 fully saturated rings. The monoisotopic (exact) mass is 294 g/mol. The van der Waals surface area contributed by atoms with Gasteiger partial charge in [-0.1, -0.05) is 24.4 Å². The maximum atomic E-state index is 12.0. The number of sulfonamides is 1. The van der Waals surface area contributed by atoms with Crippen LogP contribution in [0.5, 0.6) is 0 Å². The summed E-state index contributed by atoms with van der Waals surface area (Å²) < 4.78 is 26.3. The van der Waals surface area contributed by atoms with Crippen molar-refractivity contribution in [2.75, 3.05) is 4.72 Å². The Morgan fingerprint density at radius 1 is 1.16 bits per heavy atom. The van der Waals surface area contributed by atoms with Crippen LogP contribution in [0.4, 0.5) is 5.95 Å². The zero-order valence-corrected chi connectivity index (χ0v) is 11.3. The minimum atomic E-state index is -3.71. The highest BCUT2D eigenvalue weighted by Crippen LogP contribution is 2.13. The van der Waals surface area contributed by atoms with Gasteiger partial charge in [0.15, 0.2) is 0 Å². The molecule has 0 saturated heterocycles. The molecular weight excluding hydrogens is 284 g/mol. The van der Waals surface area contributed by atoms with Gasteiger partial charge >= 0.3 is 0 Å². The first-order valence-electron chi connectivity index (χ1n) is 5.19. The molecule has 0 aliphatic heterocycles. The number of thiocarbonyl (C=S) groups is 1. The van der Waals surface area contributed by atoms with Gasteiger partial charge in [-0.2, -0.15) is 0 Å². The molecule has 1 aromatic carbocycles. The number of hydrogen-bond donors (Lipinski definition) is 2. The van der Waals surface area contributed by atoms with E-state index in [1.807, 2.05) is 0 Å². The lowest BCUT2D eigenvalue weighted by molar-refractivity contribution is 0.601. The van der Waals surface area contributed by atoms with Gasteiger partial charge < -0.3 is 5.73 Å². The van der Waals surface area contributed by atoms with Gasteiger partial charge in [-0.3, -0.25) is 0 Å². The highest BCUT2D eigenvalue weighted by atomic mass is 32.2. The Balaban J connectivity index is 2.27. The van der Waals surface area contributed by atoms with Gasteiger partial charge in [0.2, 0.25) is 5.95 Å². The van der Waals surface area contributed by atoms with E-state index in [1.165, 1.54) is 24.5 Å². The number of anilines is 1. The summed E-state index contributed by atoms with van der Waals surface area (Å²) in [6, 6.07) is 7.51. The predicted octanol–water partition coefficient (Wildman–Crippen LogP) is 0.912. The second kappa shape index (κ2) is 5.29. The third-order valence-corrected chi connectivity index (χ3v) is 3.82. The molecule has 0 amide bonds. The van der Waals surface area contributed by atoms with Crippen molar-refractivity contribution in [2.24, 2.45) is 5.73 Å². The van der Waals surface area contributed by atoms with Crippen LogP contribution < -0.4 is 10.5 Å². The first-order valence-corrected chi connectivity index (χ1v) is 7.08. The maximum Gasteiger partial charge on any atom is 0.264 e. The van der Waals surface area contributed by atoms with E-state index in [4.69, 9.17) is 18.0 Å². The lowest BCUT2D eigenvalue weighted by atomic mass is 10.2. The molecule has 0 atom stereocenters. The topological polar surface area (TPSA) is 98.0 Å². The summed E-state index contributed by atoms with van der Waals surface area (Å²) in [5, 5.41) is 0. The second-order valence-corrected chi connectivity index (χ2v) is 5.69. The molecule has 0 spiro atoms. The normalized spacial score (nSPS) is 10.9. The Labute approximate surface area is 115 Å². The molecule has 0 unspecified atom stereocenters. The van der Waals surface area contributed by atoms with Crippen LogP contribution in [0.25, 0.3) is 0 Å². The molecule has 0 saturated carbocycles. The van der Waals surface area contributed by atoms with Gasteiger partial charge in [0.1, 0.15) is 4.99 Å². The number of nitrogens with two attached hydrogens (primary N) is 1. The van der Waals surface area contributed by atoms with Crippen molar-refractivity contribution in [3.63, 3.8) is 0 Å². The highest BCUT2D eigenvalue weighted by Gasteiger charge is 2.15. The third kappa shape index (κ3) is 3.24. The van der Waals surface area contributed by atoms with Crippen LogP contribution in [0, 0.1) is 0 Å². The molecule has 6 nitrogen and oxygen atoms in total. The Bertz CT molecular complexity index is 684. The summed E-state index contributed by atoms with van der Waals surface area (Å²) in [5.41, 5.74) is 6.04. The van der Waals surface area contributed by atoms with Crippen LogP contribution in [0.2, 0.25) is 0 Å². The average molecular weight is 294 g/mol. The lowest BCUT2D eigenvalue weighted by Crippen LogP contribution is -2.15. The number of hydrogen-bond acceptors (Lipinski definition) is 5. The average Bonchev–Trinajstić information content (AvgIpc) is 2.39. The van der Waals surface area contributed by atoms with Gasteiger partial charge in [-0.25, -0.2) is 23.1 Å². The summed E-state index contributed by atoms with van der Waals surface area (Å²) in [6.45, 7) is 0. The molecule has 2 rings (SSSR count). The Morgan fingerprint density at radius 3 is 2.26 bits per heavy atom. The van der Waals surface area contributed by atoms with Crippen molar-refractivity contribution < 1.29 is 8.42 Å². The highest BCUT2D eigenvalue weighted by molar-refractivity contribution is 7.92. The van der Waals surface area contributed by atoms with Crippen molar-refractivity contribution in [1.29, 1.82) is 0 Å². The fourth-order valence-electron chi connectivity index (χ4n) is 1.33. The first-order chi connectivity index (χ1) is 8.99. The van der Waals surface area contributed by atoms with Crippen LogP contribution in [0.1, 0.15) is 5.56 Å². The second-order valence-electron chi connectivity index (χ2n) is 3.57. The summed E-state index contributed by atoms with van der Waals surface area (Å²) in [5.74, 6) is 0.0147. The number of rotatable bonds is 4. The number of nitrogens with one attached hydrogen (secondary N) is 1. The Hall–Kier alpha value is -2.06. The molecule has 0 bridgehead atoms. The molecule has 3 N–H and O–H groups in total. The lowest BCUT2D eigenvalue weighted by Gasteiger charge is -2.06. The standard InChI is InChI=1S/C11H10N4O2S2/c12-10(18)8-2-4-9(5-3-8)19(16,17)15-11-13-6-1-7-14-11/h1-7H,(H2,12,18)(H,13,14,15). The van der Waals surface area contributed by atoms with E-state index in [0.29, 0.717) is 5.56 Å². The summed E-state index contributed by atoms with van der Waals surface area (Å²) >= 11 is 4.80. The molecule has 1 aromatic heterocycles. The zero-order chi connectivity index (χ0) is 13.9. The molecule has 19 heavy (non-hydrogen) atoms. The fourth-order valence-corrected chi connectivity index (χ4v) is 2.42. The molecule has 0 aliphatic carbocycles. The van der Waals surface area contributed by atoms with Crippen molar-refractivity contribution in [2.45, 2.75) is 4.90 Å². The smallest absolute Gasteiger partial charge is 0.264 e. The van der Waals surface area contributed by atoms with E-state index >= 15 is 0 Å². The van der Waals surface area contributed by atoms with Gasteiger partial charge in [-0.05, 0) is 18.2 Å². The van der Waals surface area contributed by atoms with Crippen LogP contribution in [0.15, 0.2) is 47.6 Å². The molecule has 0 radical (unpaired) electrons. The summed E-state index contributed by atoms with van der Waals surface area (Å²) in [6.07, 6.45) is 2.89. The van der Waals surface area contributed by atoms with Crippen LogP contribution in [-0.4, -0.2) is 23.4 Å². The first kappa shape index (κ1) is 13.4. The Morgan fingerprint density at radius 2 is 1.74 bits per heavy atom. The maximum absolute atomic E-state index is 12.0. The van der Waals surface area contributed by atoms with Crippen LogP contribution in [0.3, 0.4) is 0 Å². The molecule has 1 heterocycles. The van der Waals surface area contributed by atoms with Crippen LogP contribution >= 0.6 is 12.2 Å². The van der Waals surface area contributed by atoms with Crippen molar-refractivity contribution in [1.82, 2.24) is 9.97 Å². The van der Waals surface area contributed by atoms with Crippen molar-refractivity contribution in [3.8, 4) is 0 Å². The van der Waals surface area contributed by atoms with E-state index in [0.717, 1.165) is 0 Å². The molecule has 98 valence electrons. The zero-order valence-electron chi connectivity index (χ0n) is 9.65. The van der Waals surface area contributed by atoms with E-state index < -0.39 is 10.0 Å². The van der Waals surface area contributed by atoms with E-state index in [1.54, 1.807) is 18.2 Å². The van der Waals surface area contributed by atoms with Gasteiger partial charge in [0.25, 0.3) is 10.0 Å². The van der Waals surface area contributed by atoms with Crippen molar-refractivity contribution in [3.05, 3.63) is 48.3 Å². The van der Waals surface area contributed by atoms with Crippen molar-refractivity contribution >= 4 is 33.2 Å². The Kier molecular flexibility index (Phi) is 3.72. The minimum absolute atomic E-state index is 0.0147. The summed E-state index contributed by atoms with van der Waals surface area (Å²) in [7, 11) is -3.71. The van der Waals surface area contributed by atoms with Gasteiger partial charge in [0, 0.05) is 18.0 Å². The molecular formula is C11H10N4O2S2. The fraction of sp³-hybridized carbons (Fsp3) is 0. The molecule has 0 aliphatic rings. The molecule has 8 heteroatoms. The number of benzene rings is 1. The SMILES string of the molecule is NC(=S)c1ccc(S(=O)(=O)Nc2ncccn2)cc1. The van der Waals surface area contributed by atoms with Gasteiger partial charge in [-0.15, -0.1) is 0 Å². The van der Waals surface area contributed by atoms with Crippen LogP contribution in [-0.2, 0) is 10.0 Å². The van der Waals surface area contributed by atoms with Gasteiger partial charge in [0.05, 0.1) is 4.90 Å². The van der Waals surface area contributed by atoms with E-state index in [9.17, 15) is 8.42 Å². The largest absolute Gasteiger partial charge is 0.389 e. The number of nitrogens with zero attached hydrogens (tertiary/aromatic N) is 2. The third-order valence-electron chi connectivity index (χ3n) is 2.24. The minimum Gasteiger partial charge on any atom is -0.389 e. The predicted molar refractivity (Wildman–Crippen MR) is 75.2 cm³/mol. The molecule has 2 aromatic rings.